The highest BCUT2D eigenvalue weighted by atomic mass is 16.6. The quantitative estimate of drug-likeness (QED) is 0.452. The molecule has 2 aromatic rings. The van der Waals surface area contributed by atoms with E-state index in [-0.39, 0.29) is 36.6 Å². The van der Waals surface area contributed by atoms with E-state index in [1.807, 2.05) is 6.07 Å². The van der Waals surface area contributed by atoms with Crippen LogP contribution >= 0.6 is 0 Å². The van der Waals surface area contributed by atoms with Crippen molar-refractivity contribution in [1.29, 1.82) is 5.26 Å². The Labute approximate surface area is 171 Å². The van der Waals surface area contributed by atoms with Gasteiger partial charge in [-0.1, -0.05) is 0 Å². The fourth-order valence-corrected chi connectivity index (χ4v) is 4.25. The third kappa shape index (κ3) is 3.37. The van der Waals surface area contributed by atoms with E-state index in [0.717, 1.165) is 6.42 Å². The van der Waals surface area contributed by atoms with Gasteiger partial charge in [0.2, 0.25) is 5.60 Å². The normalized spacial score (nSPS) is 33.6. The predicted octanol–water partition coefficient (Wildman–Crippen LogP) is -0.755. The number of carbonyl (C=O) groups excluding carboxylic acids is 1. The van der Waals surface area contributed by atoms with Gasteiger partial charge < -0.3 is 30.5 Å². The van der Waals surface area contributed by atoms with Crippen molar-refractivity contribution in [2.24, 2.45) is 5.92 Å². The lowest BCUT2D eigenvalue weighted by molar-refractivity contribution is -0.151. The van der Waals surface area contributed by atoms with Gasteiger partial charge in [0, 0.05) is 6.42 Å². The lowest BCUT2D eigenvalue weighted by Gasteiger charge is -2.24. The van der Waals surface area contributed by atoms with Gasteiger partial charge in [-0.05, 0) is 37.3 Å². The van der Waals surface area contributed by atoms with Crippen LogP contribution in [0.3, 0.4) is 0 Å². The molecule has 1 aliphatic carbocycles. The third-order valence-corrected chi connectivity index (χ3v) is 5.86. The minimum absolute atomic E-state index is 0.0583. The lowest BCUT2D eigenvalue weighted by atomic mass is 9.92. The van der Waals surface area contributed by atoms with Gasteiger partial charge in [-0.2, -0.15) is 10.4 Å². The van der Waals surface area contributed by atoms with E-state index in [1.165, 1.54) is 16.9 Å². The van der Waals surface area contributed by atoms with E-state index in [2.05, 4.69) is 10.1 Å². The zero-order valence-corrected chi connectivity index (χ0v) is 16.1. The smallest absolute Gasteiger partial charge is 0.306 e. The molecule has 2 unspecified atom stereocenters. The molecule has 2 aromatic heterocycles. The van der Waals surface area contributed by atoms with Crippen LogP contribution in [0.25, 0.3) is 5.52 Å². The molecule has 1 saturated carbocycles. The van der Waals surface area contributed by atoms with Crippen LogP contribution in [0, 0.1) is 17.2 Å². The molecule has 6 atom stereocenters. The van der Waals surface area contributed by atoms with Crippen LogP contribution in [-0.4, -0.2) is 66.9 Å². The molecule has 160 valence electrons. The second-order valence-corrected chi connectivity index (χ2v) is 7.82. The van der Waals surface area contributed by atoms with Gasteiger partial charge in [-0.15, -0.1) is 0 Å². The number of ether oxygens (including phenoxy) is 2. The van der Waals surface area contributed by atoms with Gasteiger partial charge in [0.1, 0.15) is 42.8 Å². The summed E-state index contributed by atoms with van der Waals surface area (Å²) in [4.78, 5) is 16.0. The molecule has 0 radical (unpaired) electrons. The maximum absolute atomic E-state index is 12.1. The fraction of sp³-hybridized carbons (Fsp3) is 0.579. The summed E-state index contributed by atoms with van der Waals surface area (Å²) in [6.07, 6.45) is -1.23. The van der Waals surface area contributed by atoms with Crippen LogP contribution in [0.1, 0.15) is 31.4 Å². The molecule has 30 heavy (non-hydrogen) atoms. The maximum Gasteiger partial charge on any atom is 0.306 e. The van der Waals surface area contributed by atoms with E-state index >= 15 is 0 Å². The van der Waals surface area contributed by atoms with Crippen molar-refractivity contribution in [2.75, 3.05) is 12.3 Å². The van der Waals surface area contributed by atoms with Gasteiger partial charge in [-0.3, -0.25) is 4.79 Å². The van der Waals surface area contributed by atoms with Crippen LogP contribution < -0.4 is 5.73 Å². The Hall–Kier alpha value is -2.78. The van der Waals surface area contributed by atoms with Crippen molar-refractivity contribution in [1.82, 2.24) is 14.6 Å². The van der Waals surface area contributed by atoms with Crippen molar-refractivity contribution in [2.45, 2.75) is 55.7 Å². The molecule has 2 fully saturated rings. The first-order valence-electron chi connectivity index (χ1n) is 9.73. The van der Waals surface area contributed by atoms with E-state index in [4.69, 9.17) is 15.2 Å². The maximum atomic E-state index is 12.1. The number of aliphatic hydroxyl groups is 3. The van der Waals surface area contributed by atoms with Gasteiger partial charge >= 0.3 is 5.97 Å². The number of carbonyl (C=O) groups is 1. The molecule has 1 saturated heterocycles. The second kappa shape index (κ2) is 7.81. The average molecular weight is 417 g/mol. The summed E-state index contributed by atoms with van der Waals surface area (Å²) in [6.45, 7) is -0.323. The Morgan fingerprint density at radius 3 is 2.90 bits per heavy atom. The SMILES string of the molecule is N#C[C@@]1(c2ccc3c(N)ncnn23)O[C@H](COC(=O)CC2CCC(O)C2)[C@@H](O)[C@H]1O. The first kappa shape index (κ1) is 20.5. The molecular formula is C19H23N5O6. The molecule has 4 rings (SSSR count). The van der Waals surface area contributed by atoms with E-state index < -0.39 is 29.9 Å². The summed E-state index contributed by atoms with van der Waals surface area (Å²) < 4.78 is 12.3. The first-order valence-corrected chi connectivity index (χ1v) is 9.73. The number of rotatable bonds is 5. The van der Waals surface area contributed by atoms with Gasteiger partial charge in [0.25, 0.3) is 0 Å². The van der Waals surface area contributed by atoms with E-state index in [1.54, 1.807) is 6.07 Å². The Kier molecular flexibility index (Phi) is 5.33. The minimum atomic E-state index is -1.93. The largest absolute Gasteiger partial charge is 0.463 e. The Bertz CT molecular complexity index is 989. The highest BCUT2D eigenvalue weighted by molar-refractivity contribution is 5.69. The van der Waals surface area contributed by atoms with E-state index in [9.17, 15) is 25.4 Å². The summed E-state index contributed by atoms with van der Waals surface area (Å²) in [6, 6.07) is 5.02. The molecule has 3 heterocycles. The predicted molar refractivity (Wildman–Crippen MR) is 101 cm³/mol. The van der Waals surface area contributed by atoms with Gasteiger partial charge in [0.15, 0.2) is 5.82 Å². The van der Waals surface area contributed by atoms with Crippen LogP contribution in [0.15, 0.2) is 18.5 Å². The Morgan fingerprint density at radius 2 is 2.20 bits per heavy atom. The minimum Gasteiger partial charge on any atom is -0.463 e. The molecule has 11 nitrogen and oxygen atoms in total. The van der Waals surface area contributed by atoms with Gasteiger partial charge in [-0.25, -0.2) is 9.50 Å². The topological polar surface area (TPSA) is 176 Å². The fourth-order valence-electron chi connectivity index (χ4n) is 4.25. The molecular weight excluding hydrogens is 394 g/mol. The third-order valence-electron chi connectivity index (χ3n) is 5.86. The number of anilines is 1. The Morgan fingerprint density at radius 1 is 1.40 bits per heavy atom. The molecule has 2 aliphatic rings. The first-order chi connectivity index (χ1) is 14.4. The highest BCUT2D eigenvalue weighted by Crippen LogP contribution is 2.40. The summed E-state index contributed by atoms with van der Waals surface area (Å²) in [5.74, 6) is -0.245. The standard InChI is InChI=1S/C19H23N5O6/c20-8-19(14-4-3-12-18(21)22-9-23-24(12)14)17(28)16(27)13(30-19)7-29-15(26)6-10-1-2-11(25)5-10/h3-4,9-11,13,16-17,25,27-28H,1-2,5-7H2,(H2,21,22,23)/t10?,11?,13-,16-,17-,19+/m1/s1. The molecule has 0 amide bonds. The van der Waals surface area contributed by atoms with Crippen LogP contribution in [0.4, 0.5) is 5.82 Å². The molecule has 0 spiro atoms. The zero-order chi connectivity index (χ0) is 21.5. The summed E-state index contributed by atoms with van der Waals surface area (Å²) in [5, 5.41) is 44.6. The van der Waals surface area contributed by atoms with Crippen molar-refractivity contribution < 1.29 is 29.6 Å². The number of aromatic nitrogens is 3. The van der Waals surface area contributed by atoms with Gasteiger partial charge in [0.05, 0.1) is 11.8 Å². The van der Waals surface area contributed by atoms with Crippen LogP contribution in [0.5, 0.6) is 0 Å². The summed E-state index contributed by atoms with van der Waals surface area (Å²) in [7, 11) is 0. The number of hydrogen-bond acceptors (Lipinski definition) is 10. The number of aliphatic hydroxyl groups excluding tert-OH is 3. The number of nitrogens with zero attached hydrogens (tertiary/aromatic N) is 4. The monoisotopic (exact) mass is 417 g/mol. The second-order valence-electron chi connectivity index (χ2n) is 7.82. The number of nitriles is 1. The Balaban J connectivity index is 1.49. The number of hydrogen-bond donors (Lipinski definition) is 4. The molecule has 0 aromatic carbocycles. The van der Waals surface area contributed by atoms with Crippen LogP contribution in [-0.2, 0) is 19.9 Å². The number of nitrogens with two attached hydrogens (primary N) is 1. The molecule has 0 bridgehead atoms. The summed E-state index contributed by atoms with van der Waals surface area (Å²) in [5.41, 5.74) is 4.48. The number of fused-ring (bicyclic) bond motifs is 1. The van der Waals surface area contributed by atoms with Crippen LogP contribution in [0.2, 0.25) is 0 Å². The van der Waals surface area contributed by atoms with Crippen molar-refractivity contribution in [3.8, 4) is 6.07 Å². The summed E-state index contributed by atoms with van der Waals surface area (Å²) >= 11 is 0. The van der Waals surface area contributed by atoms with E-state index in [0.29, 0.717) is 18.4 Å². The van der Waals surface area contributed by atoms with Crippen molar-refractivity contribution in [3.05, 3.63) is 24.2 Å². The molecule has 11 heteroatoms. The lowest BCUT2D eigenvalue weighted by Crippen LogP contribution is -2.41. The zero-order valence-electron chi connectivity index (χ0n) is 16.1. The molecule has 5 N–H and O–H groups in total. The van der Waals surface area contributed by atoms with Crippen molar-refractivity contribution >= 4 is 17.3 Å². The number of nitrogen functional groups attached to an aromatic ring is 1. The molecule has 1 aliphatic heterocycles. The average Bonchev–Trinajstić information content (AvgIpc) is 3.40. The highest BCUT2D eigenvalue weighted by Gasteiger charge is 2.57. The number of esters is 1. The van der Waals surface area contributed by atoms with Crippen molar-refractivity contribution in [3.63, 3.8) is 0 Å².